The van der Waals surface area contributed by atoms with E-state index in [0.29, 0.717) is 24.0 Å². The smallest absolute Gasteiger partial charge is 0.231 e. The van der Waals surface area contributed by atoms with Gasteiger partial charge in [0.1, 0.15) is 0 Å². The average molecular weight is 318 g/mol. The number of nitrogens with one attached hydrogen (secondary N) is 1. The minimum Gasteiger partial charge on any atom is -0.454 e. The molecule has 6 heteroatoms. The van der Waals surface area contributed by atoms with Gasteiger partial charge in [-0.05, 0) is 25.0 Å². The first kappa shape index (κ1) is 15.6. The maximum absolute atomic E-state index is 12.3. The first-order valence-electron chi connectivity index (χ1n) is 7.96. The molecule has 0 aliphatic carbocycles. The zero-order valence-electron chi connectivity index (χ0n) is 13.7. The number of nitrogens with zero attached hydrogens (tertiary/aromatic N) is 1. The maximum Gasteiger partial charge on any atom is 0.231 e. The van der Waals surface area contributed by atoms with Gasteiger partial charge in [0, 0.05) is 30.8 Å². The highest BCUT2D eigenvalue weighted by atomic mass is 16.7. The third-order valence-corrected chi connectivity index (χ3v) is 4.53. The van der Waals surface area contributed by atoms with Gasteiger partial charge in [-0.3, -0.25) is 9.59 Å². The molecule has 1 aromatic carbocycles. The fraction of sp³-hybridized carbons (Fsp3) is 0.529. The van der Waals surface area contributed by atoms with Gasteiger partial charge in [-0.25, -0.2) is 0 Å². The number of rotatable bonds is 4. The number of hydrogen-bond acceptors (Lipinski definition) is 4. The lowest BCUT2D eigenvalue weighted by atomic mass is 10.0. The third kappa shape index (κ3) is 3.11. The van der Waals surface area contributed by atoms with E-state index in [-0.39, 0.29) is 37.0 Å². The Kier molecular flexibility index (Phi) is 4.15. The topological polar surface area (TPSA) is 67.9 Å². The number of carbonyl (C=O) groups is 2. The SMILES string of the molecule is CC(C)[C@@H](C)NC(=O)[C@H]1CC(=O)N(c2ccc3c(c2)OCO3)C1. The molecule has 1 fully saturated rings. The Morgan fingerprint density at radius 2 is 2.00 bits per heavy atom. The van der Waals surface area contributed by atoms with Crippen LogP contribution in [0.1, 0.15) is 27.2 Å². The van der Waals surface area contributed by atoms with Gasteiger partial charge in [-0.15, -0.1) is 0 Å². The third-order valence-electron chi connectivity index (χ3n) is 4.53. The van der Waals surface area contributed by atoms with E-state index in [1.165, 1.54) is 0 Å². The minimum atomic E-state index is -0.311. The molecule has 1 aromatic rings. The molecule has 2 heterocycles. The van der Waals surface area contributed by atoms with E-state index in [1.54, 1.807) is 17.0 Å². The van der Waals surface area contributed by atoms with Gasteiger partial charge in [0.2, 0.25) is 18.6 Å². The summed E-state index contributed by atoms with van der Waals surface area (Å²) in [7, 11) is 0. The molecular formula is C17H22N2O4. The lowest BCUT2D eigenvalue weighted by molar-refractivity contribution is -0.127. The van der Waals surface area contributed by atoms with Crippen LogP contribution in [0.25, 0.3) is 0 Å². The van der Waals surface area contributed by atoms with Crippen LogP contribution in [0.3, 0.4) is 0 Å². The van der Waals surface area contributed by atoms with Crippen LogP contribution in [-0.4, -0.2) is 31.2 Å². The number of anilines is 1. The molecule has 0 bridgehead atoms. The van der Waals surface area contributed by atoms with E-state index >= 15 is 0 Å². The molecule has 0 aromatic heterocycles. The molecule has 124 valence electrons. The predicted molar refractivity (Wildman–Crippen MR) is 85.5 cm³/mol. The lowest BCUT2D eigenvalue weighted by Gasteiger charge is -2.20. The second-order valence-corrected chi connectivity index (χ2v) is 6.48. The number of carbonyl (C=O) groups excluding carboxylic acids is 2. The molecule has 0 spiro atoms. The molecule has 6 nitrogen and oxygen atoms in total. The van der Waals surface area contributed by atoms with Crippen molar-refractivity contribution in [2.45, 2.75) is 33.2 Å². The number of benzene rings is 1. The molecule has 0 unspecified atom stereocenters. The van der Waals surface area contributed by atoms with E-state index in [0.717, 1.165) is 5.69 Å². The van der Waals surface area contributed by atoms with Gasteiger partial charge in [-0.2, -0.15) is 0 Å². The van der Waals surface area contributed by atoms with Crippen molar-refractivity contribution in [2.24, 2.45) is 11.8 Å². The molecule has 2 atom stereocenters. The average Bonchev–Trinajstić information content (AvgIpc) is 3.12. The zero-order chi connectivity index (χ0) is 16.6. The summed E-state index contributed by atoms with van der Waals surface area (Å²) in [4.78, 5) is 26.3. The molecule has 2 aliphatic heterocycles. The second-order valence-electron chi connectivity index (χ2n) is 6.48. The summed E-state index contributed by atoms with van der Waals surface area (Å²) in [6.07, 6.45) is 0.241. The van der Waals surface area contributed by atoms with Crippen LogP contribution in [0, 0.1) is 11.8 Å². The Morgan fingerprint density at radius 1 is 1.26 bits per heavy atom. The van der Waals surface area contributed by atoms with Crippen LogP contribution in [0.15, 0.2) is 18.2 Å². The Labute approximate surface area is 135 Å². The fourth-order valence-corrected chi connectivity index (χ4v) is 2.69. The van der Waals surface area contributed by atoms with E-state index in [9.17, 15) is 9.59 Å². The van der Waals surface area contributed by atoms with Gasteiger partial charge in [-0.1, -0.05) is 13.8 Å². The van der Waals surface area contributed by atoms with Crippen LogP contribution >= 0.6 is 0 Å². The largest absolute Gasteiger partial charge is 0.454 e. The summed E-state index contributed by atoms with van der Waals surface area (Å²) in [5.74, 6) is 1.27. The Hall–Kier alpha value is -2.24. The highest BCUT2D eigenvalue weighted by molar-refractivity contribution is 6.00. The summed E-state index contributed by atoms with van der Waals surface area (Å²) in [6.45, 7) is 6.70. The van der Waals surface area contributed by atoms with Crippen LogP contribution in [-0.2, 0) is 9.59 Å². The molecule has 1 saturated heterocycles. The maximum atomic E-state index is 12.3. The minimum absolute atomic E-state index is 0.0405. The lowest BCUT2D eigenvalue weighted by Crippen LogP contribution is -2.40. The Morgan fingerprint density at radius 3 is 2.74 bits per heavy atom. The first-order chi connectivity index (χ1) is 11.0. The van der Waals surface area contributed by atoms with Gasteiger partial charge in [0.15, 0.2) is 11.5 Å². The predicted octanol–water partition coefficient (Wildman–Crippen LogP) is 1.93. The van der Waals surface area contributed by atoms with Crippen molar-refractivity contribution in [3.05, 3.63) is 18.2 Å². The molecule has 2 amide bonds. The number of amides is 2. The summed E-state index contributed by atoms with van der Waals surface area (Å²) in [5.41, 5.74) is 0.742. The first-order valence-corrected chi connectivity index (χ1v) is 7.96. The molecule has 0 radical (unpaired) electrons. The summed E-state index contributed by atoms with van der Waals surface area (Å²) in [5, 5.41) is 2.99. The van der Waals surface area contributed by atoms with Crippen LogP contribution in [0.5, 0.6) is 11.5 Å². The molecule has 0 saturated carbocycles. The summed E-state index contributed by atoms with van der Waals surface area (Å²) >= 11 is 0. The standard InChI is InChI=1S/C17H22N2O4/c1-10(2)11(3)18-17(21)12-6-16(20)19(8-12)13-4-5-14-15(7-13)23-9-22-14/h4-5,7,10-12H,6,8-9H2,1-3H3,(H,18,21)/t11-,12+/m1/s1. The Bertz CT molecular complexity index is 629. The van der Waals surface area contributed by atoms with Gasteiger partial charge < -0.3 is 19.7 Å². The van der Waals surface area contributed by atoms with Gasteiger partial charge in [0.05, 0.1) is 5.92 Å². The number of hydrogen-bond donors (Lipinski definition) is 1. The monoisotopic (exact) mass is 318 g/mol. The molecule has 23 heavy (non-hydrogen) atoms. The van der Waals surface area contributed by atoms with Crippen molar-refractivity contribution in [3.8, 4) is 11.5 Å². The van der Waals surface area contributed by atoms with Gasteiger partial charge in [0.25, 0.3) is 0 Å². The molecule has 3 rings (SSSR count). The van der Waals surface area contributed by atoms with Crippen LogP contribution in [0.2, 0.25) is 0 Å². The van der Waals surface area contributed by atoms with Crippen LogP contribution in [0.4, 0.5) is 5.69 Å². The fourth-order valence-electron chi connectivity index (χ4n) is 2.69. The van der Waals surface area contributed by atoms with E-state index in [2.05, 4.69) is 19.2 Å². The van der Waals surface area contributed by atoms with E-state index < -0.39 is 0 Å². The Balaban J connectivity index is 1.69. The second kappa shape index (κ2) is 6.10. The van der Waals surface area contributed by atoms with Crippen molar-refractivity contribution in [2.75, 3.05) is 18.2 Å². The van der Waals surface area contributed by atoms with E-state index in [1.807, 2.05) is 13.0 Å². The highest BCUT2D eigenvalue weighted by Crippen LogP contribution is 2.37. The van der Waals surface area contributed by atoms with Gasteiger partial charge >= 0.3 is 0 Å². The molecular weight excluding hydrogens is 296 g/mol. The zero-order valence-corrected chi connectivity index (χ0v) is 13.7. The summed E-state index contributed by atoms with van der Waals surface area (Å²) in [6, 6.07) is 5.50. The van der Waals surface area contributed by atoms with Crippen molar-refractivity contribution < 1.29 is 19.1 Å². The normalized spacial score (nSPS) is 21.0. The summed E-state index contributed by atoms with van der Waals surface area (Å²) < 4.78 is 10.6. The molecule has 2 aliphatic rings. The quantitative estimate of drug-likeness (QED) is 0.921. The van der Waals surface area contributed by atoms with Crippen molar-refractivity contribution in [1.29, 1.82) is 0 Å². The number of fused-ring (bicyclic) bond motifs is 1. The van der Waals surface area contributed by atoms with Crippen molar-refractivity contribution >= 4 is 17.5 Å². The van der Waals surface area contributed by atoms with E-state index in [4.69, 9.17) is 9.47 Å². The number of ether oxygens (including phenoxy) is 2. The van der Waals surface area contributed by atoms with Crippen LogP contribution < -0.4 is 19.7 Å². The highest BCUT2D eigenvalue weighted by Gasteiger charge is 2.36. The van der Waals surface area contributed by atoms with Crippen molar-refractivity contribution in [3.63, 3.8) is 0 Å². The molecule has 1 N–H and O–H groups in total. The van der Waals surface area contributed by atoms with Crippen molar-refractivity contribution in [1.82, 2.24) is 5.32 Å².